The van der Waals surface area contributed by atoms with Crippen LogP contribution in [0.15, 0.2) is 53.7 Å². The predicted octanol–water partition coefficient (Wildman–Crippen LogP) is 5.56. The largest absolute Gasteiger partial charge is 0.341 e. The molecule has 0 spiro atoms. The molecular formula is C24H25ClN6S. The van der Waals surface area contributed by atoms with Crippen molar-refractivity contribution in [2.75, 3.05) is 18.0 Å². The van der Waals surface area contributed by atoms with Gasteiger partial charge in [-0.2, -0.15) is 0 Å². The first-order valence-electron chi connectivity index (χ1n) is 11.3. The van der Waals surface area contributed by atoms with Crippen molar-refractivity contribution in [3.8, 4) is 0 Å². The van der Waals surface area contributed by atoms with Gasteiger partial charge in [-0.3, -0.25) is 4.57 Å². The van der Waals surface area contributed by atoms with E-state index in [2.05, 4.69) is 60.6 Å². The minimum absolute atomic E-state index is 0.546. The number of hydrogen-bond donors (Lipinski definition) is 0. The lowest BCUT2D eigenvalue weighted by atomic mass is 10.2. The van der Waals surface area contributed by atoms with E-state index in [9.17, 15) is 0 Å². The molecule has 1 saturated heterocycles. The Morgan fingerprint density at radius 1 is 1.00 bits per heavy atom. The fourth-order valence-electron chi connectivity index (χ4n) is 4.49. The number of aromatic nitrogens is 5. The number of halogens is 1. The lowest BCUT2D eigenvalue weighted by molar-refractivity contribution is 0.651. The van der Waals surface area contributed by atoms with Gasteiger partial charge in [-0.1, -0.05) is 53.7 Å². The molecular weight excluding hydrogens is 440 g/mol. The summed E-state index contributed by atoms with van der Waals surface area (Å²) in [5.41, 5.74) is 3.30. The molecule has 8 heteroatoms. The monoisotopic (exact) mass is 464 g/mol. The number of hydrogen-bond acceptors (Lipinski definition) is 5. The second-order valence-corrected chi connectivity index (χ2v) is 9.98. The van der Waals surface area contributed by atoms with E-state index < -0.39 is 0 Å². The van der Waals surface area contributed by atoms with Crippen molar-refractivity contribution in [1.29, 1.82) is 0 Å². The first-order valence-corrected chi connectivity index (χ1v) is 12.6. The number of imidazole rings is 1. The molecule has 1 aliphatic carbocycles. The number of benzene rings is 2. The van der Waals surface area contributed by atoms with Gasteiger partial charge in [0.05, 0.1) is 16.8 Å². The molecule has 4 aromatic rings. The van der Waals surface area contributed by atoms with Crippen molar-refractivity contribution < 1.29 is 0 Å². The van der Waals surface area contributed by atoms with E-state index in [1.807, 2.05) is 12.1 Å². The molecule has 0 atom stereocenters. The number of thioether (sulfide) groups is 1. The van der Waals surface area contributed by atoms with Gasteiger partial charge in [0.2, 0.25) is 5.95 Å². The molecule has 164 valence electrons. The van der Waals surface area contributed by atoms with E-state index in [1.165, 1.54) is 31.2 Å². The zero-order valence-electron chi connectivity index (χ0n) is 17.8. The van der Waals surface area contributed by atoms with Gasteiger partial charge < -0.3 is 9.47 Å². The lowest BCUT2D eigenvalue weighted by Crippen LogP contribution is -2.22. The Labute approximate surface area is 196 Å². The smallest absolute Gasteiger partial charge is 0.228 e. The standard InChI is InChI=1S/C24H25ClN6S/c25-18-8-11-21-20(14-18)26-22(30(21)15-17-6-2-1-3-7-17)16-32-24-28-27-23(29-12-4-5-13-29)31(24)19-9-10-19/h1-3,6-8,11,14,19H,4-5,9-10,12-13,15-16H2. The summed E-state index contributed by atoms with van der Waals surface area (Å²) >= 11 is 8.00. The molecule has 6 rings (SSSR count). The SMILES string of the molecule is Clc1ccc2c(c1)nc(CSc1nnc(N3CCCC3)n1C1CC1)n2Cc1ccccc1. The van der Waals surface area contributed by atoms with Gasteiger partial charge in [0.25, 0.3) is 0 Å². The van der Waals surface area contributed by atoms with Crippen LogP contribution in [-0.2, 0) is 12.3 Å². The molecule has 3 heterocycles. The van der Waals surface area contributed by atoms with Crippen molar-refractivity contribution in [3.63, 3.8) is 0 Å². The Morgan fingerprint density at radius 3 is 2.59 bits per heavy atom. The normalized spacial score (nSPS) is 16.3. The highest BCUT2D eigenvalue weighted by Crippen LogP contribution is 2.42. The topological polar surface area (TPSA) is 51.8 Å². The van der Waals surface area contributed by atoms with Gasteiger partial charge >= 0.3 is 0 Å². The summed E-state index contributed by atoms with van der Waals surface area (Å²) in [5, 5.41) is 10.9. The van der Waals surface area contributed by atoms with E-state index in [0.717, 1.165) is 53.3 Å². The molecule has 1 aliphatic heterocycles. The van der Waals surface area contributed by atoms with Gasteiger partial charge in [-0.25, -0.2) is 4.98 Å². The minimum atomic E-state index is 0.546. The number of anilines is 1. The van der Waals surface area contributed by atoms with E-state index in [-0.39, 0.29) is 0 Å². The van der Waals surface area contributed by atoms with Gasteiger partial charge in [-0.15, -0.1) is 10.2 Å². The Bertz CT molecular complexity index is 1240. The molecule has 0 bridgehead atoms. The third-order valence-corrected chi connectivity index (χ3v) is 7.42. The van der Waals surface area contributed by atoms with Crippen molar-refractivity contribution in [3.05, 3.63) is 64.9 Å². The van der Waals surface area contributed by atoms with E-state index in [1.54, 1.807) is 11.8 Å². The van der Waals surface area contributed by atoms with E-state index in [0.29, 0.717) is 11.1 Å². The molecule has 6 nitrogen and oxygen atoms in total. The van der Waals surface area contributed by atoms with Crippen LogP contribution in [0.1, 0.15) is 43.1 Å². The highest BCUT2D eigenvalue weighted by Gasteiger charge is 2.32. The van der Waals surface area contributed by atoms with Crippen LogP contribution in [0.2, 0.25) is 5.02 Å². The Balaban J connectivity index is 1.31. The van der Waals surface area contributed by atoms with Crippen LogP contribution < -0.4 is 4.90 Å². The number of nitrogens with zero attached hydrogens (tertiary/aromatic N) is 6. The van der Waals surface area contributed by atoms with Crippen LogP contribution in [-0.4, -0.2) is 37.4 Å². The van der Waals surface area contributed by atoms with Crippen molar-refractivity contribution in [2.24, 2.45) is 0 Å². The average Bonchev–Trinajstić information content (AvgIpc) is 3.20. The summed E-state index contributed by atoms with van der Waals surface area (Å²) in [7, 11) is 0. The third kappa shape index (κ3) is 3.88. The fraction of sp³-hybridized carbons (Fsp3) is 0.375. The van der Waals surface area contributed by atoms with Crippen LogP contribution in [0.5, 0.6) is 0 Å². The molecule has 2 fully saturated rings. The molecule has 1 saturated carbocycles. The van der Waals surface area contributed by atoms with Crippen molar-refractivity contribution >= 4 is 40.3 Å². The summed E-state index contributed by atoms with van der Waals surface area (Å²) in [4.78, 5) is 7.34. The highest BCUT2D eigenvalue weighted by atomic mass is 35.5. The Kier molecular flexibility index (Phi) is 5.31. The summed E-state index contributed by atoms with van der Waals surface area (Å²) in [6, 6.07) is 17.0. The van der Waals surface area contributed by atoms with E-state index >= 15 is 0 Å². The molecule has 0 N–H and O–H groups in total. The maximum Gasteiger partial charge on any atom is 0.228 e. The number of rotatable bonds is 7. The Morgan fingerprint density at radius 2 is 1.81 bits per heavy atom. The van der Waals surface area contributed by atoms with Crippen molar-refractivity contribution in [2.45, 2.75) is 49.2 Å². The summed E-state index contributed by atoms with van der Waals surface area (Å²) in [5.74, 6) is 2.82. The molecule has 2 aromatic heterocycles. The third-order valence-electron chi connectivity index (χ3n) is 6.25. The zero-order valence-corrected chi connectivity index (χ0v) is 19.4. The van der Waals surface area contributed by atoms with Crippen LogP contribution in [0.25, 0.3) is 11.0 Å². The summed E-state index contributed by atoms with van der Waals surface area (Å²) < 4.78 is 4.67. The van der Waals surface area contributed by atoms with Crippen LogP contribution in [0.3, 0.4) is 0 Å². The first kappa shape index (κ1) is 20.1. The average molecular weight is 465 g/mol. The molecule has 0 unspecified atom stereocenters. The fourth-order valence-corrected chi connectivity index (χ4v) is 5.60. The second-order valence-electron chi connectivity index (χ2n) is 8.60. The Hall–Kier alpha value is -2.51. The van der Waals surface area contributed by atoms with Gasteiger partial charge in [0, 0.05) is 30.7 Å². The molecule has 0 amide bonds. The molecule has 2 aliphatic rings. The van der Waals surface area contributed by atoms with Gasteiger partial charge in [0.15, 0.2) is 5.16 Å². The van der Waals surface area contributed by atoms with Gasteiger partial charge in [-0.05, 0) is 49.4 Å². The predicted molar refractivity (Wildman–Crippen MR) is 130 cm³/mol. The van der Waals surface area contributed by atoms with Gasteiger partial charge in [0.1, 0.15) is 5.82 Å². The minimum Gasteiger partial charge on any atom is -0.341 e. The zero-order chi connectivity index (χ0) is 21.5. The highest BCUT2D eigenvalue weighted by molar-refractivity contribution is 7.98. The molecule has 32 heavy (non-hydrogen) atoms. The molecule has 2 aromatic carbocycles. The van der Waals surface area contributed by atoms with Crippen LogP contribution in [0, 0.1) is 0 Å². The quantitative estimate of drug-likeness (QED) is 0.335. The van der Waals surface area contributed by atoms with Crippen LogP contribution in [0.4, 0.5) is 5.95 Å². The number of fused-ring (bicyclic) bond motifs is 1. The first-order chi connectivity index (χ1) is 15.8. The van der Waals surface area contributed by atoms with E-state index in [4.69, 9.17) is 16.6 Å². The maximum absolute atomic E-state index is 6.26. The summed E-state index contributed by atoms with van der Waals surface area (Å²) in [6.07, 6.45) is 4.92. The second kappa shape index (κ2) is 8.45. The maximum atomic E-state index is 6.26. The molecule has 0 radical (unpaired) electrons. The van der Waals surface area contributed by atoms with Crippen LogP contribution >= 0.6 is 23.4 Å². The lowest BCUT2D eigenvalue weighted by Gasteiger charge is -2.18. The van der Waals surface area contributed by atoms with Crippen molar-refractivity contribution in [1.82, 2.24) is 24.3 Å². The summed E-state index contributed by atoms with van der Waals surface area (Å²) in [6.45, 7) is 2.95.